The molecule has 10 heteroatoms. The molecule has 0 aromatic carbocycles. The molecule has 0 bridgehead atoms. The van der Waals surface area contributed by atoms with Gasteiger partial charge in [0.1, 0.15) is 6.61 Å². The average molecular weight is 220 g/mol. The van der Waals surface area contributed by atoms with Crippen LogP contribution in [0.1, 0.15) is 6.92 Å². The molecule has 0 saturated heterocycles. The molecular formula is C4H9N2NaO7. The molecule has 0 spiro atoms. The van der Waals surface area contributed by atoms with Gasteiger partial charge in [0.05, 0.1) is 5.97 Å². The van der Waals surface area contributed by atoms with Gasteiger partial charge in [0, 0.05) is 6.92 Å². The van der Waals surface area contributed by atoms with E-state index < -0.39 is 23.6 Å². The Labute approximate surface area is 101 Å². The van der Waals surface area contributed by atoms with Gasteiger partial charge in [-0.1, -0.05) is 0 Å². The standard InChI is InChI=1S/C2H3NO5.C2H4O2.H3N.Na/c4-2(5)1-8-3(6)7;1-2(3)4;;/h1H2,(H,4,5);1H3,(H,3,4);1H3;/q;;;+1/p-1. The SMILES string of the molecule is CC(=O)O.N.O=C([O-])CO[N+](=O)[O-].[Na+]. The Morgan fingerprint density at radius 3 is 1.86 bits per heavy atom. The first-order valence-corrected chi connectivity index (χ1v) is 2.53. The van der Waals surface area contributed by atoms with Gasteiger partial charge in [0.15, 0.2) is 0 Å². The first-order valence-electron chi connectivity index (χ1n) is 2.53. The third kappa shape index (κ3) is 67.4. The first-order chi connectivity index (χ1) is 5.36. The number of rotatable bonds is 3. The summed E-state index contributed by atoms with van der Waals surface area (Å²) >= 11 is 0. The monoisotopic (exact) mass is 220 g/mol. The van der Waals surface area contributed by atoms with Crippen molar-refractivity contribution in [3.63, 3.8) is 0 Å². The minimum absolute atomic E-state index is 0. The van der Waals surface area contributed by atoms with Gasteiger partial charge in [-0.15, -0.1) is 10.1 Å². The summed E-state index contributed by atoms with van der Waals surface area (Å²) in [6.07, 6.45) is 0. The van der Waals surface area contributed by atoms with E-state index in [4.69, 9.17) is 9.90 Å². The number of hydrogen-bond donors (Lipinski definition) is 2. The normalized spacial score (nSPS) is 6.36. The topological polar surface area (TPSA) is 165 Å². The molecule has 0 radical (unpaired) electrons. The summed E-state index contributed by atoms with van der Waals surface area (Å²) in [5.74, 6) is -2.44. The fourth-order valence-corrected chi connectivity index (χ4v) is 0.105. The summed E-state index contributed by atoms with van der Waals surface area (Å²) in [6.45, 7) is 0.0764. The Kier molecular flexibility index (Phi) is 24.2. The zero-order valence-electron chi connectivity index (χ0n) is 7.76. The molecular weight excluding hydrogens is 211 g/mol. The van der Waals surface area contributed by atoms with Crippen LogP contribution in [-0.4, -0.2) is 28.7 Å². The molecule has 78 valence electrons. The second kappa shape index (κ2) is 14.6. The van der Waals surface area contributed by atoms with E-state index >= 15 is 0 Å². The van der Waals surface area contributed by atoms with Crippen molar-refractivity contribution in [3.05, 3.63) is 10.1 Å². The van der Waals surface area contributed by atoms with Gasteiger partial charge in [-0.3, -0.25) is 4.79 Å². The molecule has 0 aromatic rings. The number of carbonyl (C=O) groups is 2. The van der Waals surface area contributed by atoms with Crippen LogP contribution in [0.4, 0.5) is 0 Å². The van der Waals surface area contributed by atoms with Crippen molar-refractivity contribution in [1.29, 1.82) is 0 Å². The van der Waals surface area contributed by atoms with E-state index in [9.17, 15) is 20.0 Å². The summed E-state index contributed by atoms with van der Waals surface area (Å²) in [7, 11) is 0. The maximum atomic E-state index is 9.36. The molecule has 0 amide bonds. The van der Waals surface area contributed by atoms with Crippen LogP contribution in [-0.2, 0) is 14.4 Å². The maximum absolute atomic E-state index is 9.36. The maximum Gasteiger partial charge on any atom is 1.00 e. The quantitative estimate of drug-likeness (QED) is 0.271. The number of nitrogens with zero attached hydrogens (tertiary/aromatic N) is 1. The van der Waals surface area contributed by atoms with Crippen molar-refractivity contribution in [2.24, 2.45) is 0 Å². The van der Waals surface area contributed by atoms with E-state index in [0.717, 1.165) is 6.92 Å². The Morgan fingerprint density at radius 2 is 1.79 bits per heavy atom. The van der Waals surface area contributed by atoms with Gasteiger partial charge in [0.25, 0.3) is 11.1 Å². The van der Waals surface area contributed by atoms with Crippen molar-refractivity contribution < 1.29 is 59.3 Å². The smallest absolute Gasteiger partial charge is 0.548 e. The fourth-order valence-electron chi connectivity index (χ4n) is 0.105. The van der Waals surface area contributed by atoms with Crippen molar-refractivity contribution in [3.8, 4) is 0 Å². The van der Waals surface area contributed by atoms with Crippen LogP contribution in [0, 0.1) is 10.1 Å². The predicted molar refractivity (Wildman–Crippen MR) is 36.3 cm³/mol. The van der Waals surface area contributed by atoms with Crippen LogP contribution in [0.3, 0.4) is 0 Å². The largest absolute Gasteiger partial charge is 1.00 e. The van der Waals surface area contributed by atoms with E-state index in [2.05, 4.69) is 4.84 Å². The van der Waals surface area contributed by atoms with Gasteiger partial charge in [0.2, 0.25) is 0 Å². The van der Waals surface area contributed by atoms with Crippen LogP contribution < -0.4 is 40.8 Å². The summed E-state index contributed by atoms with van der Waals surface area (Å²) in [5.41, 5.74) is 0. The Morgan fingerprint density at radius 1 is 1.50 bits per heavy atom. The van der Waals surface area contributed by atoms with E-state index in [-0.39, 0.29) is 35.7 Å². The Bertz CT molecular complexity index is 167. The first kappa shape index (κ1) is 23.2. The third-order valence-electron chi connectivity index (χ3n) is 0.288. The fraction of sp³-hybridized carbons (Fsp3) is 0.500. The minimum Gasteiger partial charge on any atom is -0.548 e. The van der Waals surface area contributed by atoms with Gasteiger partial charge in [-0.2, -0.15) is 0 Å². The van der Waals surface area contributed by atoms with Crippen LogP contribution in [0.15, 0.2) is 0 Å². The van der Waals surface area contributed by atoms with Crippen LogP contribution >= 0.6 is 0 Å². The number of aliphatic carboxylic acids is 2. The van der Waals surface area contributed by atoms with Crippen molar-refractivity contribution in [2.75, 3.05) is 6.61 Å². The predicted octanol–water partition coefficient (Wildman–Crippen LogP) is -4.80. The molecule has 0 unspecified atom stereocenters. The van der Waals surface area contributed by atoms with Gasteiger partial charge in [-0.25, -0.2) is 0 Å². The number of carboxylic acids is 2. The molecule has 0 aliphatic carbocycles. The zero-order chi connectivity index (χ0) is 10.1. The Hall–Kier alpha value is -0.900. The van der Waals surface area contributed by atoms with Gasteiger partial charge >= 0.3 is 29.6 Å². The molecule has 0 aromatic heterocycles. The molecule has 4 N–H and O–H groups in total. The molecule has 0 saturated carbocycles. The Balaban J connectivity index is -0.0000000733. The second-order valence-electron chi connectivity index (χ2n) is 1.39. The van der Waals surface area contributed by atoms with Crippen LogP contribution in [0.2, 0.25) is 0 Å². The number of hydrogen-bond acceptors (Lipinski definition) is 7. The van der Waals surface area contributed by atoms with E-state index in [1.807, 2.05) is 0 Å². The number of carbonyl (C=O) groups excluding carboxylic acids is 1. The van der Waals surface area contributed by atoms with E-state index in [1.165, 1.54) is 0 Å². The minimum atomic E-state index is -1.61. The second-order valence-corrected chi connectivity index (χ2v) is 1.39. The van der Waals surface area contributed by atoms with Crippen molar-refractivity contribution >= 4 is 11.9 Å². The molecule has 9 nitrogen and oxygen atoms in total. The van der Waals surface area contributed by atoms with Crippen LogP contribution in [0.5, 0.6) is 0 Å². The zero-order valence-corrected chi connectivity index (χ0v) is 9.76. The summed E-state index contributed by atoms with van der Waals surface area (Å²) in [4.78, 5) is 30.9. The average Bonchev–Trinajstić information content (AvgIpc) is 1.82. The summed E-state index contributed by atoms with van der Waals surface area (Å²) < 4.78 is 0. The van der Waals surface area contributed by atoms with E-state index in [0.29, 0.717) is 0 Å². The van der Waals surface area contributed by atoms with E-state index in [1.54, 1.807) is 0 Å². The summed E-state index contributed by atoms with van der Waals surface area (Å²) in [6, 6.07) is 0. The summed E-state index contributed by atoms with van der Waals surface area (Å²) in [5, 5.41) is 24.8. The van der Waals surface area contributed by atoms with Gasteiger partial charge < -0.3 is 26.0 Å². The molecule has 0 heterocycles. The van der Waals surface area contributed by atoms with Crippen LogP contribution in [0.25, 0.3) is 0 Å². The van der Waals surface area contributed by atoms with Crippen molar-refractivity contribution in [2.45, 2.75) is 6.92 Å². The van der Waals surface area contributed by atoms with Gasteiger partial charge in [-0.05, 0) is 0 Å². The number of carboxylic acid groups (broad SMARTS) is 2. The van der Waals surface area contributed by atoms with Crippen molar-refractivity contribution in [1.82, 2.24) is 6.15 Å². The molecule has 14 heavy (non-hydrogen) atoms. The molecule has 0 fully saturated rings. The third-order valence-corrected chi connectivity index (χ3v) is 0.288. The molecule has 0 rings (SSSR count). The molecule has 0 aliphatic heterocycles. The molecule has 0 atom stereocenters. The molecule has 0 aliphatic rings.